The van der Waals surface area contributed by atoms with E-state index in [1.165, 1.54) is 26.0 Å². The van der Waals surface area contributed by atoms with E-state index in [2.05, 4.69) is 20.2 Å². The van der Waals surface area contributed by atoms with Gasteiger partial charge in [-0.3, -0.25) is 14.3 Å². The van der Waals surface area contributed by atoms with Crippen LogP contribution >= 0.6 is 35.0 Å². The Morgan fingerprint density at radius 1 is 1.22 bits per heavy atom. The molecule has 1 aliphatic rings. The largest absolute Gasteiger partial charge is 0.495 e. The molecule has 0 aliphatic carbocycles. The van der Waals surface area contributed by atoms with Gasteiger partial charge in [0.05, 0.1) is 29.8 Å². The molecule has 1 aromatic carbocycles. The first-order chi connectivity index (χ1) is 17.8. The molecule has 1 amide bonds. The van der Waals surface area contributed by atoms with Gasteiger partial charge in [-0.15, -0.1) is 0 Å². The third-order valence-electron chi connectivity index (χ3n) is 6.30. The molecule has 1 aliphatic heterocycles. The summed E-state index contributed by atoms with van der Waals surface area (Å²) in [4.78, 5) is 36.2. The summed E-state index contributed by atoms with van der Waals surface area (Å²) in [5.41, 5.74) is 0.740. The number of carboxylic acid groups (broad SMARTS) is 1. The number of pyridine rings is 1. The minimum atomic E-state index is -1.04. The summed E-state index contributed by atoms with van der Waals surface area (Å²) < 4.78 is 12.4. The number of hydrogen-bond acceptors (Lipinski definition) is 8. The first kappa shape index (κ1) is 27.3. The molecule has 1 atom stereocenters. The van der Waals surface area contributed by atoms with Gasteiger partial charge < -0.3 is 19.9 Å². The summed E-state index contributed by atoms with van der Waals surface area (Å²) >= 11 is 14.7. The van der Waals surface area contributed by atoms with Gasteiger partial charge in [0, 0.05) is 48.9 Å². The van der Waals surface area contributed by atoms with Gasteiger partial charge in [0.15, 0.2) is 5.16 Å². The lowest BCUT2D eigenvalue weighted by atomic mass is 10.0. The smallest absolute Gasteiger partial charge is 0.404 e. The number of nitrogens with one attached hydrogen (secondary N) is 1. The Kier molecular flexibility index (Phi) is 8.68. The number of amides is 1. The number of nitrogens with zero attached hydrogens (tertiary/aromatic N) is 4. The monoisotopic (exact) mass is 567 g/mol. The van der Waals surface area contributed by atoms with Gasteiger partial charge in [0.1, 0.15) is 17.1 Å². The van der Waals surface area contributed by atoms with Gasteiger partial charge in [-0.2, -0.15) is 0 Å². The van der Waals surface area contributed by atoms with Gasteiger partial charge >= 0.3 is 6.09 Å². The first-order valence-corrected chi connectivity index (χ1v) is 13.5. The van der Waals surface area contributed by atoms with Crippen molar-refractivity contribution in [1.82, 2.24) is 24.8 Å². The number of fused-ring (bicyclic) bond motifs is 1. The van der Waals surface area contributed by atoms with E-state index >= 15 is 0 Å². The lowest BCUT2D eigenvalue weighted by Gasteiger charge is -2.32. The topological polar surface area (TPSA) is 119 Å². The zero-order chi connectivity index (χ0) is 26.7. The number of benzene rings is 1. The number of aromatic nitrogens is 3. The standard InChI is InChI=1S/C24H27Cl2N5O5S/c1-35-16-10-17(36-2)20(26)18(19(16)25)15-9-13-11-27-23(37-3)29-21(13)31(22(15)32)8-7-30-6-4-5-14(12-30)28-24(33)34/h9-11,14,28H,4-8,12H2,1-3H3,(H,33,34). The van der Waals surface area contributed by atoms with Crippen LogP contribution in [0.25, 0.3) is 22.2 Å². The van der Waals surface area contributed by atoms with Crippen LogP contribution in [0.2, 0.25) is 10.0 Å². The predicted molar refractivity (Wildman–Crippen MR) is 145 cm³/mol. The summed E-state index contributed by atoms with van der Waals surface area (Å²) in [5.74, 6) is 0.645. The van der Waals surface area contributed by atoms with Crippen LogP contribution in [0.1, 0.15) is 12.8 Å². The highest BCUT2D eigenvalue weighted by molar-refractivity contribution is 7.98. The number of ether oxygens (including phenoxy) is 2. The fourth-order valence-electron chi connectivity index (χ4n) is 4.54. The number of piperidine rings is 1. The second-order valence-electron chi connectivity index (χ2n) is 8.52. The molecule has 13 heteroatoms. The van der Waals surface area contributed by atoms with Crippen LogP contribution in [-0.2, 0) is 6.54 Å². The maximum atomic E-state index is 14.0. The summed E-state index contributed by atoms with van der Waals surface area (Å²) in [5, 5.41) is 13.2. The molecule has 1 unspecified atom stereocenters. The van der Waals surface area contributed by atoms with Gasteiger partial charge in [0.25, 0.3) is 5.56 Å². The summed E-state index contributed by atoms with van der Waals surface area (Å²) in [6, 6.07) is 3.09. The molecule has 198 valence electrons. The normalized spacial score (nSPS) is 16.1. The molecule has 1 saturated heterocycles. The summed E-state index contributed by atoms with van der Waals surface area (Å²) in [6.45, 7) is 2.22. The van der Waals surface area contributed by atoms with E-state index < -0.39 is 6.09 Å². The Hall–Kier alpha value is -2.73. The average molecular weight is 568 g/mol. The molecule has 0 bridgehead atoms. The molecule has 0 spiro atoms. The molecule has 2 aromatic heterocycles. The maximum absolute atomic E-state index is 14.0. The van der Waals surface area contributed by atoms with Crippen molar-refractivity contribution in [3.05, 3.63) is 38.7 Å². The Labute approximate surface area is 227 Å². The Morgan fingerprint density at radius 2 is 1.92 bits per heavy atom. The average Bonchev–Trinajstić information content (AvgIpc) is 2.88. The van der Waals surface area contributed by atoms with Gasteiger partial charge in [0.2, 0.25) is 0 Å². The molecule has 10 nitrogen and oxygen atoms in total. The van der Waals surface area contributed by atoms with E-state index in [1.807, 2.05) is 6.26 Å². The van der Waals surface area contributed by atoms with E-state index in [-0.39, 0.29) is 27.2 Å². The minimum Gasteiger partial charge on any atom is -0.495 e. The molecule has 3 aromatic rings. The highest BCUT2D eigenvalue weighted by atomic mass is 35.5. The van der Waals surface area contributed by atoms with Crippen molar-refractivity contribution < 1.29 is 19.4 Å². The number of rotatable bonds is 8. The highest BCUT2D eigenvalue weighted by Gasteiger charge is 2.25. The SMILES string of the molecule is COc1cc(OC)c(Cl)c(-c2cc3cnc(SC)nc3n(CCN3CCCC(NC(=O)O)C3)c2=O)c1Cl. The first-order valence-electron chi connectivity index (χ1n) is 11.5. The molecular formula is C24H27Cl2N5O5S. The molecule has 1 fully saturated rings. The van der Waals surface area contributed by atoms with Crippen LogP contribution in [0.3, 0.4) is 0 Å². The Bertz CT molecular complexity index is 1360. The quantitative estimate of drug-likeness (QED) is 0.304. The predicted octanol–water partition coefficient (Wildman–Crippen LogP) is 4.24. The summed E-state index contributed by atoms with van der Waals surface area (Å²) in [6.07, 6.45) is 4.13. The second kappa shape index (κ2) is 11.8. The number of carbonyl (C=O) groups is 1. The number of hydrogen-bond donors (Lipinski definition) is 2. The second-order valence-corrected chi connectivity index (χ2v) is 10.1. The number of likely N-dealkylation sites (tertiary alicyclic amines) is 1. The Morgan fingerprint density at radius 3 is 2.54 bits per heavy atom. The zero-order valence-corrected chi connectivity index (χ0v) is 22.9. The van der Waals surface area contributed by atoms with E-state index in [9.17, 15) is 9.59 Å². The Balaban J connectivity index is 1.81. The van der Waals surface area contributed by atoms with Crippen molar-refractivity contribution in [1.29, 1.82) is 0 Å². The van der Waals surface area contributed by atoms with E-state index in [4.69, 9.17) is 37.8 Å². The fraction of sp³-hybridized carbons (Fsp3) is 0.417. The van der Waals surface area contributed by atoms with Crippen molar-refractivity contribution in [2.45, 2.75) is 30.6 Å². The molecule has 0 radical (unpaired) electrons. The molecule has 0 saturated carbocycles. The van der Waals surface area contributed by atoms with Crippen LogP contribution in [0.4, 0.5) is 4.79 Å². The third-order valence-corrected chi connectivity index (χ3v) is 7.62. The lowest BCUT2D eigenvalue weighted by Crippen LogP contribution is -2.48. The third kappa shape index (κ3) is 5.74. The van der Waals surface area contributed by atoms with Gasteiger partial charge in [-0.1, -0.05) is 35.0 Å². The van der Waals surface area contributed by atoms with Crippen LogP contribution < -0.4 is 20.3 Å². The van der Waals surface area contributed by atoms with Gasteiger partial charge in [-0.05, 0) is 31.7 Å². The van der Waals surface area contributed by atoms with Crippen LogP contribution in [-0.4, -0.2) is 76.8 Å². The molecule has 2 N–H and O–H groups in total. The molecule has 4 rings (SSSR count). The zero-order valence-electron chi connectivity index (χ0n) is 20.6. The summed E-state index contributed by atoms with van der Waals surface area (Å²) in [7, 11) is 2.94. The highest BCUT2D eigenvalue weighted by Crippen LogP contribution is 2.45. The van der Waals surface area contributed by atoms with Crippen LogP contribution in [0.5, 0.6) is 11.5 Å². The molecular weight excluding hydrogens is 541 g/mol. The van der Waals surface area contributed by atoms with Crippen molar-refractivity contribution in [2.24, 2.45) is 0 Å². The van der Waals surface area contributed by atoms with Gasteiger partial charge in [-0.25, -0.2) is 14.8 Å². The lowest BCUT2D eigenvalue weighted by molar-refractivity contribution is 0.161. The van der Waals surface area contributed by atoms with Crippen molar-refractivity contribution >= 4 is 52.1 Å². The minimum absolute atomic E-state index is 0.154. The van der Waals surface area contributed by atoms with E-state index in [0.29, 0.717) is 52.9 Å². The molecule has 37 heavy (non-hydrogen) atoms. The van der Waals surface area contributed by atoms with Crippen molar-refractivity contribution in [3.63, 3.8) is 0 Å². The maximum Gasteiger partial charge on any atom is 0.404 e. The van der Waals surface area contributed by atoms with Crippen molar-refractivity contribution in [3.8, 4) is 22.6 Å². The van der Waals surface area contributed by atoms with E-state index in [1.54, 1.807) is 22.9 Å². The number of halogens is 2. The number of methoxy groups -OCH3 is 2. The molecule has 3 heterocycles. The number of thioether (sulfide) groups is 1. The van der Waals surface area contributed by atoms with Crippen molar-refractivity contribution in [2.75, 3.05) is 40.1 Å². The van der Waals surface area contributed by atoms with Crippen LogP contribution in [0, 0.1) is 0 Å². The van der Waals surface area contributed by atoms with Crippen LogP contribution in [0.15, 0.2) is 28.3 Å². The van der Waals surface area contributed by atoms with E-state index in [0.717, 1.165) is 19.4 Å². The fourth-order valence-corrected chi connectivity index (χ4v) is 5.58.